The van der Waals surface area contributed by atoms with Gasteiger partial charge in [-0.05, 0) is 25.0 Å². The number of para-hydroxylation sites is 1. The maximum Gasteiger partial charge on any atom is 0.221 e. The first-order valence-corrected chi connectivity index (χ1v) is 10.2. The topological polar surface area (TPSA) is 80.6 Å². The number of anilines is 1. The number of nitrogens with one attached hydrogen (secondary N) is 2. The third-order valence-corrected chi connectivity index (χ3v) is 5.41. The molecule has 1 amide bonds. The van der Waals surface area contributed by atoms with Crippen LogP contribution in [0.25, 0.3) is 16.9 Å². The average Bonchev–Trinajstić information content (AvgIpc) is 3.13. The van der Waals surface area contributed by atoms with Crippen LogP contribution in [0.5, 0.6) is 5.75 Å². The maximum absolute atomic E-state index is 12.4. The Morgan fingerprint density at radius 2 is 2.07 bits per heavy atom. The van der Waals surface area contributed by atoms with Crippen LogP contribution < -0.4 is 15.4 Å². The number of aromatic nitrogens is 3. The number of nitrogens with zero attached hydrogens (tertiary/aromatic N) is 3. The Labute approximate surface area is 170 Å². The number of rotatable bonds is 7. The van der Waals surface area contributed by atoms with Gasteiger partial charge in [0.25, 0.3) is 0 Å². The molecule has 0 radical (unpaired) electrons. The minimum Gasteiger partial charge on any atom is -0.496 e. The molecule has 0 saturated heterocycles. The second-order valence-electron chi connectivity index (χ2n) is 7.39. The summed E-state index contributed by atoms with van der Waals surface area (Å²) in [6.45, 7) is 0.525. The number of fused-ring (bicyclic) bond motifs is 1. The van der Waals surface area contributed by atoms with Crippen LogP contribution in [0.4, 0.5) is 5.82 Å². The van der Waals surface area contributed by atoms with E-state index in [1.165, 1.54) is 19.3 Å². The van der Waals surface area contributed by atoms with E-state index in [1.54, 1.807) is 19.5 Å². The average molecular weight is 393 g/mol. The standard InChI is InChI=1S/C22H27N5O2/c1-29-18-10-6-5-9-17(18)21-22(27-14-13-23-15-19(27)26-21)24-12-11-20(28)25-16-7-3-2-4-8-16/h5-6,9-10,13-16,24H,2-4,7-8,11-12H2,1H3,(H,25,28). The summed E-state index contributed by atoms with van der Waals surface area (Å²) < 4.78 is 7.47. The van der Waals surface area contributed by atoms with Crippen molar-refractivity contribution in [3.05, 3.63) is 42.9 Å². The highest BCUT2D eigenvalue weighted by Crippen LogP contribution is 2.34. The summed E-state index contributed by atoms with van der Waals surface area (Å²) in [5.74, 6) is 1.68. The first-order chi connectivity index (χ1) is 14.3. The monoisotopic (exact) mass is 393 g/mol. The van der Waals surface area contributed by atoms with Crippen LogP contribution in [0.1, 0.15) is 38.5 Å². The highest BCUT2D eigenvalue weighted by Gasteiger charge is 2.18. The number of methoxy groups -OCH3 is 1. The van der Waals surface area contributed by atoms with E-state index in [0.29, 0.717) is 19.0 Å². The van der Waals surface area contributed by atoms with Gasteiger partial charge in [-0.3, -0.25) is 14.2 Å². The molecule has 0 unspecified atom stereocenters. The Morgan fingerprint density at radius 1 is 1.24 bits per heavy atom. The summed E-state index contributed by atoms with van der Waals surface area (Å²) in [5.41, 5.74) is 2.42. The van der Waals surface area contributed by atoms with Gasteiger partial charge in [-0.15, -0.1) is 0 Å². The molecule has 1 fully saturated rings. The van der Waals surface area contributed by atoms with Crippen LogP contribution in [-0.2, 0) is 4.79 Å². The fraction of sp³-hybridized carbons (Fsp3) is 0.409. The molecule has 7 heteroatoms. The number of carbonyl (C=O) groups excluding carboxylic acids is 1. The van der Waals surface area contributed by atoms with Crippen molar-refractivity contribution in [1.29, 1.82) is 0 Å². The lowest BCUT2D eigenvalue weighted by atomic mass is 9.95. The summed E-state index contributed by atoms with van der Waals surface area (Å²) in [6.07, 6.45) is 11.6. The number of benzene rings is 1. The molecule has 4 rings (SSSR count). The zero-order valence-electron chi connectivity index (χ0n) is 16.7. The molecule has 1 saturated carbocycles. The minimum atomic E-state index is 0.0960. The Bertz CT molecular complexity index is 978. The van der Waals surface area contributed by atoms with Crippen molar-refractivity contribution in [3.63, 3.8) is 0 Å². The van der Waals surface area contributed by atoms with Crippen LogP contribution in [0.15, 0.2) is 42.9 Å². The fourth-order valence-electron chi connectivity index (χ4n) is 3.94. The van der Waals surface area contributed by atoms with Crippen LogP contribution >= 0.6 is 0 Å². The normalized spacial score (nSPS) is 14.7. The largest absolute Gasteiger partial charge is 0.496 e. The summed E-state index contributed by atoms with van der Waals surface area (Å²) >= 11 is 0. The molecule has 2 aromatic heterocycles. The molecule has 0 aliphatic heterocycles. The lowest BCUT2D eigenvalue weighted by Gasteiger charge is -2.22. The molecule has 2 N–H and O–H groups in total. The summed E-state index contributed by atoms with van der Waals surface area (Å²) in [5, 5.41) is 6.58. The van der Waals surface area contributed by atoms with E-state index in [9.17, 15) is 4.79 Å². The van der Waals surface area contributed by atoms with Gasteiger partial charge < -0.3 is 15.4 Å². The fourth-order valence-corrected chi connectivity index (χ4v) is 3.94. The first kappa shape index (κ1) is 19.2. The Kier molecular flexibility index (Phi) is 5.93. The number of imidazole rings is 1. The maximum atomic E-state index is 12.4. The van der Waals surface area contributed by atoms with E-state index in [0.717, 1.165) is 41.3 Å². The molecule has 0 atom stereocenters. The van der Waals surface area contributed by atoms with Crippen molar-refractivity contribution in [2.24, 2.45) is 0 Å². The van der Waals surface area contributed by atoms with Crippen LogP contribution in [0.2, 0.25) is 0 Å². The van der Waals surface area contributed by atoms with Crippen molar-refractivity contribution >= 4 is 17.4 Å². The lowest BCUT2D eigenvalue weighted by Crippen LogP contribution is -2.36. The molecule has 1 aliphatic rings. The van der Waals surface area contributed by atoms with Crippen LogP contribution in [0, 0.1) is 0 Å². The molecule has 29 heavy (non-hydrogen) atoms. The molecular formula is C22H27N5O2. The second-order valence-corrected chi connectivity index (χ2v) is 7.39. The zero-order chi connectivity index (χ0) is 20.1. The Morgan fingerprint density at radius 3 is 2.90 bits per heavy atom. The number of hydrogen-bond acceptors (Lipinski definition) is 5. The van der Waals surface area contributed by atoms with Gasteiger partial charge in [0.15, 0.2) is 5.65 Å². The first-order valence-electron chi connectivity index (χ1n) is 10.2. The van der Waals surface area contributed by atoms with Gasteiger partial charge in [-0.25, -0.2) is 4.98 Å². The van der Waals surface area contributed by atoms with Crippen LogP contribution in [0.3, 0.4) is 0 Å². The predicted molar refractivity (Wildman–Crippen MR) is 113 cm³/mol. The van der Waals surface area contributed by atoms with E-state index < -0.39 is 0 Å². The molecule has 7 nitrogen and oxygen atoms in total. The number of ether oxygens (including phenoxy) is 1. The van der Waals surface area contributed by atoms with E-state index >= 15 is 0 Å². The van der Waals surface area contributed by atoms with Crippen molar-refractivity contribution in [2.45, 2.75) is 44.6 Å². The SMILES string of the molecule is COc1ccccc1-c1nc2cnccn2c1NCCC(=O)NC1CCCCC1. The predicted octanol–water partition coefficient (Wildman–Crippen LogP) is 3.66. The molecule has 152 valence electrons. The Hall–Kier alpha value is -3.09. The molecule has 0 spiro atoms. The van der Waals surface area contributed by atoms with E-state index in [2.05, 4.69) is 15.6 Å². The van der Waals surface area contributed by atoms with Crippen LogP contribution in [-0.4, -0.2) is 40.0 Å². The van der Waals surface area contributed by atoms with Crippen molar-refractivity contribution in [1.82, 2.24) is 19.7 Å². The molecule has 0 bridgehead atoms. The van der Waals surface area contributed by atoms with Gasteiger partial charge in [0.2, 0.25) is 5.91 Å². The van der Waals surface area contributed by atoms with Crippen molar-refractivity contribution in [3.8, 4) is 17.0 Å². The molecule has 1 aliphatic carbocycles. The molecular weight excluding hydrogens is 366 g/mol. The molecule has 1 aromatic carbocycles. The summed E-state index contributed by atoms with van der Waals surface area (Å²) in [6, 6.07) is 8.13. The number of amides is 1. The van der Waals surface area contributed by atoms with Gasteiger partial charge in [0.05, 0.1) is 13.3 Å². The summed E-state index contributed by atoms with van der Waals surface area (Å²) in [4.78, 5) is 21.3. The van der Waals surface area contributed by atoms with E-state index in [4.69, 9.17) is 9.72 Å². The van der Waals surface area contributed by atoms with E-state index in [1.807, 2.05) is 34.9 Å². The number of carbonyl (C=O) groups is 1. The van der Waals surface area contributed by atoms with Gasteiger partial charge >= 0.3 is 0 Å². The quantitative estimate of drug-likeness (QED) is 0.640. The van der Waals surface area contributed by atoms with Gasteiger partial charge in [-0.2, -0.15) is 0 Å². The highest BCUT2D eigenvalue weighted by molar-refractivity contribution is 5.81. The Balaban J connectivity index is 1.51. The molecule has 2 heterocycles. The van der Waals surface area contributed by atoms with Gasteiger partial charge in [0.1, 0.15) is 17.3 Å². The lowest BCUT2D eigenvalue weighted by molar-refractivity contribution is -0.121. The zero-order valence-corrected chi connectivity index (χ0v) is 16.7. The van der Waals surface area contributed by atoms with Crippen molar-refractivity contribution in [2.75, 3.05) is 19.0 Å². The third kappa shape index (κ3) is 4.34. The third-order valence-electron chi connectivity index (χ3n) is 5.41. The minimum absolute atomic E-state index is 0.0960. The van der Waals surface area contributed by atoms with Crippen molar-refractivity contribution < 1.29 is 9.53 Å². The highest BCUT2D eigenvalue weighted by atomic mass is 16.5. The smallest absolute Gasteiger partial charge is 0.221 e. The summed E-state index contributed by atoms with van der Waals surface area (Å²) in [7, 11) is 1.65. The molecule has 3 aromatic rings. The second kappa shape index (κ2) is 8.94. The number of hydrogen-bond donors (Lipinski definition) is 2. The van der Waals surface area contributed by atoms with Gasteiger partial charge in [0, 0.05) is 37.0 Å². The van der Waals surface area contributed by atoms with Gasteiger partial charge in [-0.1, -0.05) is 31.4 Å². The van der Waals surface area contributed by atoms with E-state index in [-0.39, 0.29) is 5.91 Å².